The van der Waals surface area contributed by atoms with Gasteiger partial charge in [0.05, 0.1) is 5.69 Å². The Bertz CT molecular complexity index is 1030. The lowest BCUT2D eigenvalue weighted by atomic mass is 9.95. The number of pyridine rings is 1. The number of nitrogen functional groups attached to an aromatic ring is 2. The van der Waals surface area contributed by atoms with Gasteiger partial charge in [0.1, 0.15) is 29.3 Å². The van der Waals surface area contributed by atoms with Crippen LogP contribution in [0.25, 0.3) is 0 Å². The maximum atomic E-state index is 12.5. The molecule has 1 unspecified atom stereocenters. The molecule has 0 fully saturated rings. The van der Waals surface area contributed by atoms with Crippen molar-refractivity contribution in [1.29, 1.82) is 10.5 Å². The Kier molecular flexibility index (Phi) is 4.90. The number of nitrogens with zero attached hydrogens (tertiary/aromatic N) is 4. The number of fused-ring (bicyclic) bond motifs is 1. The van der Waals surface area contributed by atoms with Crippen LogP contribution >= 0.6 is 11.8 Å². The molecular formula is C16H11F3N8S. The van der Waals surface area contributed by atoms with Crippen LogP contribution in [0.1, 0.15) is 22.7 Å². The number of nitrogens with two attached hydrogens (primary N) is 2. The molecule has 1 aliphatic rings. The number of alkyl halides is 3. The normalized spacial score (nSPS) is 15.5. The lowest BCUT2D eigenvalue weighted by molar-refractivity contribution is -0.0328. The van der Waals surface area contributed by atoms with Crippen LogP contribution in [-0.4, -0.2) is 16.5 Å². The summed E-state index contributed by atoms with van der Waals surface area (Å²) in [6.45, 7) is 0. The predicted octanol–water partition coefficient (Wildman–Crippen LogP) is 2.67. The van der Waals surface area contributed by atoms with Crippen molar-refractivity contribution in [2.75, 3.05) is 16.8 Å². The molecule has 1 atom stereocenters. The minimum atomic E-state index is -4.40. The van der Waals surface area contributed by atoms with Crippen molar-refractivity contribution in [3.63, 3.8) is 0 Å². The summed E-state index contributed by atoms with van der Waals surface area (Å²) >= 11 is -0.239. The minimum Gasteiger partial charge on any atom is -0.397 e. The first-order valence-corrected chi connectivity index (χ1v) is 8.39. The largest absolute Gasteiger partial charge is 0.446 e. The van der Waals surface area contributed by atoms with Crippen LogP contribution in [0.5, 0.6) is 0 Å². The molecule has 1 aromatic heterocycles. The average molecular weight is 404 g/mol. The second kappa shape index (κ2) is 7.17. The topological polar surface area (TPSA) is 149 Å². The zero-order valence-electron chi connectivity index (χ0n) is 13.9. The van der Waals surface area contributed by atoms with Crippen molar-refractivity contribution in [3.05, 3.63) is 41.0 Å². The highest BCUT2D eigenvalue weighted by molar-refractivity contribution is 8.00. The summed E-state index contributed by atoms with van der Waals surface area (Å²) in [6, 6.07) is 6.59. The maximum absolute atomic E-state index is 12.5. The quantitative estimate of drug-likeness (QED) is 0.339. The fourth-order valence-corrected chi connectivity index (χ4v) is 3.21. The van der Waals surface area contributed by atoms with E-state index >= 15 is 0 Å². The van der Waals surface area contributed by atoms with E-state index in [9.17, 15) is 18.4 Å². The van der Waals surface area contributed by atoms with E-state index in [4.69, 9.17) is 16.7 Å². The van der Waals surface area contributed by atoms with Crippen LogP contribution in [0, 0.1) is 22.8 Å². The Balaban J connectivity index is 2.10. The molecule has 0 saturated heterocycles. The molecule has 0 bridgehead atoms. The third kappa shape index (κ3) is 3.72. The van der Waals surface area contributed by atoms with Crippen molar-refractivity contribution >= 4 is 35.0 Å². The Hall–Kier alpha value is -3.64. The number of rotatable bonds is 2. The van der Waals surface area contributed by atoms with E-state index in [0.717, 1.165) is 0 Å². The van der Waals surface area contributed by atoms with E-state index in [-0.39, 0.29) is 45.5 Å². The van der Waals surface area contributed by atoms with Gasteiger partial charge >= 0.3 is 5.51 Å². The summed E-state index contributed by atoms with van der Waals surface area (Å²) in [5.41, 5.74) is 8.29. The maximum Gasteiger partial charge on any atom is 0.446 e. The smallest absolute Gasteiger partial charge is 0.397 e. The van der Waals surface area contributed by atoms with Gasteiger partial charge in [0.25, 0.3) is 0 Å². The van der Waals surface area contributed by atoms with Crippen LogP contribution in [0.3, 0.4) is 0 Å². The first-order chi connectivity index (χ1) is 13.2. The lowest BCUT2D eigenvalue weighted by Gasteiger charge is -2.26. The number of nitrogens with one attached hydrogen (secondary N) is 2. The summed E-state index contributed by atoms with van der Waals surface area (Å²) in [4.78, 5) is 8.43. The van der Waals surface area contributed by atoms with Crippen LogP contribution in [0.15, 0.2) is 34.2 Å². The number of hydrogen-bond donors (Lipinski definition) is 4. The van der Waals surface area contributed by atoms with E-state index < -0.39 is 11.6 Å². The number of thioether (sulfide) groups is 1. The molecule has 2 aromatic rings. The number of benzene rings is 1. The Labute approximate surface area is 161 Å². The van der Waals surface area contributed by atoms with E-state index in [1.165, 1.54) is 24.3 Å². The molecular weight excluding hydrogens is 393 g/mol. The number of guanidine groups is 1. The highest BCUT2D eigenvalue weighted by Gasteiger charge is 2.31. The van der Waals surface area contributed by atoms with E-state index in [1.54, 1.807) is 6.19 Å². The SMILES string of the molecule is N#CNC1=NC(c2ccc(SC(F)(F)F)cc2)c2c(nc(N)c(C#N)c2N)N1. The number of anilines is 3. The van der Waals surface area contributed by atoms with Crippen molar-refractivity contribution in [1.82, 2.24) is 10.3 Å². The fraction of sp³-hybridized carbons (Fsp3) is 0.125. The van der Waals surface area contributed by atoms with Gasteiger partial charge in [-0.15, -0.1) is 0 Å². The first-order valence-electron chi connectivity index (χ1n) is 7.58. The molecule has 12 heteroatoms. The molecule has 0 radical (unpaired) electrons. The van der Waals surface area contributed by atoms with Crippen LogP contribution in [0.4, 0.5) is 30.5 Å². The van der Waals surface area contributed by atoms with Crippen LogP contribution in [-0.2, 0) is 0 Å². The number of hydrogen-bond acceptors (Lipinski definition) is 9. The summed E-state index contributed by atoms with van der Waals surface area (Å²) in [5, 5.41) is 23.2. The van der Waals surface area contributed by atoms with Gasteiger partial charge in [-0.25, -0.2) is 9.98 Å². The second-order valence-electron chi connectivity index (χ2n) is 5.52. The van der Waals surface area contributed by atoms with Gasteiger partial charge in [-0.05, 0) is 29.5 Å². The number of halogens is 3. The third-order valence-corrected chi connectivity index (χ3v) is 4.53. The van der Waals surface area contributed by atoms with Gasteiger partial charge in [-0.3, -0.25) is 5.32 Å². The molecule has 1 aromatic carbocycles. The molecule has 3 rings (SSSR count). The van der Waals surface area contributed by atoms with Crippen molar-refractivity contribution in [2.24, 2.45) is 4.99 Å². The number of nitriles is 2. The summed E-state index contributed by atoms with van der Waals surface area (Å²) in [5.74, 6) is 0.158. The fourth-order valence-electron chi connectivity index (χ4n) is 2.67. The van der Waals surface area contributed by atoms with Crippen molar-refractivity contribution in [3.8, 4) is 12.3 Å². The summed E-state index contributed by atoms with van der Waals surface area (Å²) in [6.07, 6.45) is 1.71. The summed E-state index contributed by atoms with van der Waals surface area (Å²) < 4.78 is 37.6. The predicted molar refractivity (Wildman–Crippen MR) is 97.8 cm³/mol. The zero-order valence-corrected chi connectivity index (χ0v) is 14.7. The monoisotopic (exact) mass is 404 g/mol. The molecule has 0 aliphatic carbocycles. The molecule has 0 amide bonds. The molecule has 6 N–H and O–H groups in total. The Morgan fingerprint density at radius 2 is 1.86 bits per heavy atom. The molecule has 0 spiro atoms. The highest BCUT2D eigenvalue weighted by Crippen LogP contribution is 2.42. The van der Waals surface area contributed by atoms with Gasteiger partial charge < -0.3 is 16.8 Å². The van der Waals surface area contributed by atoms with E-state index in [2.05, 4.69) is 20.6 Å². The number of aromatic nitrogens is 1. The minimum absolute atomic E-state index is 0.00544. The third-order valence-electron chi connectivity index (χ3n) is 3.79. The Morgan fingerprint density at radius 1 is 1.18 bits per heavy atom. The molecule has 1 aliphatic heterocycles. The highest BCUT2D eigenvalue weighted by atomic mass is 32.2. The zero-order chi connectivity index (χ0) is 20.5. The molecule has 8 nitrogen and oxygen atoms in total. The first kappa shape index (κ1) is 19.1. The van der Waals surface area contributed by atoms with E-state index in [1.807, 2.05) is 6.07 Å². The van der Waals surface area contributed by atoms with Gasteiger partial charge in [0, 0.05) is 10.5 Å². The second-order valence-corrected chi connectivity index (χ2v) is 6.66. The van der Waals surface area contributed by atoms with Gasteiger partial charge in [0.2, 0.25) is 5.96 Å². The average Bonchev–Trinajstić information content (AvgIpc) is 2.61. The summed E-state index contributed by atoms with van der Waals surface area (Å²) in [7, 11) is 0. The Morgan fingerprint density at radius 3 is 2.43 bits per heavy atom. The molecule has 2 heterocycles. The van der Waals surface area contributed by atoms with Crippen LogP contribution in [0.2, 0.25) is 0 Å². The van der Waals surface area contributed by atoms with Crippen molar-refractivity contribution in [2.45, 2.75) is 16.4 Å². The molecule has 28 heavy (non-hydrogen) atoms. The van der Waals surface area contributed by atoms with Crippen molar-refractivity contribution < 1.29 is 13.2 Å². The van der Waals surface area contributed by atoms with Gasteiger partial charge in [-0.1, -0.05) is 12.1 Å². The van der Waals surface area contributed by atoms with Crippen LogP contribution < -0.4 is 22.1 Å². The standard InChI is InChI=1S/C16H11F3N8S/c17-16(18,19)28-8-3-1-7(2-4-8)12-10-11(22)9(5-20)13(23)26-14(10)27-15(25-12)24-6-21/h1-4,12H,(H6,22,23,24,25,26,27). The van der Waals surface area contributed by atoms with E-state index in [0.29, 0.717) is 11.1 Å². The molecule has 142 valence electrons. The molecule has 0 saturated carbocycles. The lowest BCUT2D eigenvalue weighted by Crippen LogP contribution is -2.32. The van der Waals surface area contributed by atoms with Gasteiger partial charge in [-0.2, -0.15) is 23.7 Å². The van der Waals surface area contributed by atoms with Gasteiger partial charge in [0.15, 0.2) is 6.19 Å². The number of aliphatic imine (C=N–C) groups is 1.